The predicted molar refractivity (Wildman–Crippen MR) is 258 cm³/mol. The monoisotopic (exact) mass is 969 g/mol. The third-order valence-electron chi connectivity index (χ3n) is 12.3. The first-order valence-corrected chi connectivity index (χ1v) is 22.9. The Bertz CT molecular complexity index is 3150. The number of phenols is 1. The highest BCUT2D eigenvalue weighted by Crippen LogP contribution is 2.42. The van der Waals surface area contributed by atoms with Gasteiger partial charge in [0.25, 0.3) is 0 Å². The molecule has 25 heteroatoms. The fourth-order valence-electron chi connectivity index (χ4n) is 8.62. The second-order valence-electron chi connectivity index (χ2n) is 17.1. The molecule has 2 amide bonds. The Labute approximate surface area is 404 Å². The molecular formula is C46H51N17O8. The van der Waals surface area contributed by atoms with E-state index in [9.17, 15) is 34.5 Å². The van der Waals surface area contributed by atoms with Crippen LogP contribution in [0.25, 0.3) is 33.4 Å². The van der Waals surface area contributed by atoms with Crippen molar-refractivity contribution in [3.63, 3.8) is 0 Å². The third kappa shape index (κ3) is 10.6. The number of piperazine rings is 2. The predicted octanol–water partition coefficient (Wildman–Crippen LogP) is 1.08. The quantitative estimate of drug-likeness (QED) is 0.0341. The maximum Gasteiger partial charge on any atom is 0.336 e. The number of aryl methyl sites for hydroxylation is 1. The van der Waals surface area contributed by atoms with Gasteiger partial charge in [0.05, 0.1) is 17.0 Å². The Morgan fingerprint density at radius 2 is 1.51 bits per heavy atom. The largest absolute Gasteiger partial charge is 0.508 e. The number of anilines is 4. The van der Waals surface area contributed by atoms with Gasteiger partial charge in [-0.15, -0.1) is 10.2 Å². The van der Waals surface area contributed by atoms with Crippen LogP contribution in [-0.2, 0) is 29.0 Å². The van der Waals surface area contributed by atoms with Crippen LogP contribution < -0.4 is 32.0 Å². The molecule has 3 aliphatic heterocycles. The summed E-state index contributed by atoms with van der Waals surface area (Å²) in [5.74, 6) is -0.553. The van der Waals surface area contributed by atoms with Gasteiger partial charge in [-0.2, -0.15) is 15.0 Å². The van der Waals surface area contributed by atoms with Crippen LogP contribution in [0, 0.1) is 0 Å². The van der Waals surface area contributed by atoms with Gasteiger partial charge in [-0.05, 0) is 61.7 Å². The molecule has 4 aliphatic rings. The first-order chi connectivity index (χ1) is 34.3. The van der Waals surface area contributed by atoms with E-state index in [-0.39, 0.29) is 65.0 Å². The number of aliphatic hydroxyl groups is 1. The molecule has 0 spiro atoms. The van der Waals surface area contributed by atoms with Gasteiger partial charge in [-0.3, -0.25) is 19.4 Å². The van der Waals surface area contributed by atoms with Crippen molar-refractivity contribution in [2.45, 2.75) is 38.8 Å². The average Bonchev–Trinajstić information content (AvgIpc) is 4.03. The molecule has 368 valence electrons. The molecule has 0 bridgehead atoms. The summed E-state index contributed by atoms with van der Waals surface area (Å²) in [6.07, 6.45) is 4.99. The molecule has 8 N–H and O–H groups in total. The van der Waals surface area contributed by atoms with Crippen LogP contribution in [0.2, 0.25) is 0 Å². The molecule has 1 aliphatic carbocycles. The molecule has 6 heterocycles. The lowest BCUT2D eigenvalue weighted by Gasteiger charge is -2.37. The van der Waals surface area contributed by atoms with Gasteiger partial charge in [0, 0.05) is 119 Å². The number of fused-ring (bicyclic) bond motifs is 2. The standard InChI is InChI=1S/C46H51N17O8/c1-27(63-25-29(55-57-63)3-2-11-49-43(47)48)41(68)59-14-18-61(19-15-59)46-52-44(51-45(53-46)60-16-12-58(13-17-60)39(67)26-62-24-30(10-20-64)54-56-62)50-28-4-7-33(36(21-28)42(69)70)40-34-8-5-31(65)22-37(34)71-38-23-32(66)6-9-35(38)40/h4-9,21-25,27,64-65H,2-3,10-20,26H2,1H3,(H,69,70)(H4,47,48,49)(H,50,51,52,53)/t27-/m0/s1. The van der Waals surface area contributed by atoms with Crippen LogP contribution in [-0.4, -0.2) is 159 Å². The number of nitrogens with two attached hydrogens (primary N) is 2. The zero-order chi connectivity index (χ0) is 49.8. The number of nitrogens with zero attached hydrogens (tertiary/aromatic N) is 14. The number of carbonyl (C=O) groups excluding carboxylic acids is 2. The summed E-state index contributed by atoms with van der Waals surface area (Å²) in [7, 11) is 0. The first-order valence-electron chi connectivity index (χ1n) is 22.9. The molecular weight excluding hydrogens is 919 g/mol. The van der Waals surface area contributed by atoms with Gasteiger partial charge >= 0.3 is 5.97 Å². The van der Waals surface area contributed by atoms with Crippen LogP contribution in [0.1, 0.15) is 41.1 Å². The van der Waals surface area contributed by atoms with Crippen LogP contribution in [0.4, 0.5) is 23.5 Å². The fourth-order valence-corrected chi connectivity index (χ4v) is 8.62. The molecule has 71 heavy (non-hydrogen) atoms. The van der Waals surface area contributed by atoms with E-state index in [0.29, 0.717) is 124 Å². The van der Waals surface area contributed by atoms with Crippen molar-refractivity contribution in [1.29, 1.82) is 0 Å². The molecule has 2 aromatic carbocycles. The van der Waals surface area contributed by atoms with Crippen LogP contribution >= 0.6 is 0 Å². The van der Waals surface area contributed by atoms with E-state index in [4.69, 9.17) is 30.8 Å². The highest BCUT2D eigenvalue weighted by atomic mass is 16.4. The molecule has 0 saturated carbocycles. The first kappa shape index (κ1) is 47.3. The Morgan fingerprint density at radius 3 is 2.21 bits per heavy atom. The van der Waals surface area contributed by atoms with Crippen molar-refractivity contribution in [3.8, 4) is 28.2 Å². The molecule has 1 atom stereocenters. The number of carboxylic acid groups (broad SMARTS) is 1. The van der Waals surface area contributed by atoms with Crippen molar-refractivity contribution in [2.24, 2.45) is 16.5 Å². The van der Waals surface area contributed by atoms with Crippen molar-refractivity contribution in [1.82, 2.24) is 54.7 Å². The number of aromatic hydroxyl groups is 1. The number of aliphatic hydroxyl groups excluding tert-OH is 1. The maximum atomic E-state index is 13.8. The number of carbonyl (C=O) groups is 3. The summed E-state index contributed by atoms with van der Waals surface area (Å²) >= 11 is 0. The number of aromatic carboxylic acids is 1. The normalized spacial score (nSPS) is 14.5. The minimum absolute atomic E-state index is 0.00875. The Balaban J connectivity index is 0.963. The van der Waals surface area contributed by atoms with E-state index < -0.39 is 12.0 Å². The Morgan fingerprint density at radius 1 is 0.817 bits per heavy atom. The molecule has 9 rings (SSSR count). The summed E-state index contributed by atoms with van der Waals surface area (Å²) in [6.45, 7) is 5.12. The van der Waals surface area contributed by atoms with Crippen LogP contribution in [0.3, 0.4) is 0 Å². The number of hydrogen-bond donors (Lipinski definition) is 6. The van der Waals surface area contributed by atoms with E-state index in [1.165, 1.54) is 35.0 Å². The second kappa shape index (κ2) is 20.5. The lowest BCUT2D eigenvalue weighted by molar-refractivity contribution is -0.135. The summed E-state index contributed by atoms with van der Waals surface area (Å²) < 4.78 is 9.00. The van der Waals surface area contributed by atoms with Crippen LogP contribution in [0.15, 0.2) is 81.2 Å². The van der Waals surface area contributed by atoms with Crippen molar-refractivity contribution in [2.75, 3.05) is 80.6 Å². The smallest absolute Gasteiger partial charge is 0.336 e. The molecule has 25 nitrogen and oxygen atoms in total. The van der Waals surface area contributed by atoms with Gasteiger partial charge in [-0.25, -0.2) is 14.2 Å². The minimum Gasteiger partial charge on any atom is -0.508 e. The molecule has 2 fully saturated rings. The topological polar surface area (TPSA) is 332 Å². The van der Waals surface area contributed by atoms with Crippen molar-refractivity contribution >= 4 is 58.2 Å². The number of aliphatic imine (C=N–C) groups is 1. The van der Waals surface area contributed by atoms with Gasteiger partial charge < -0.3 is 56.1 Å². The van der Waals surface area contributed by atoms with E-state index in [1.54, 1.807) is 58.1 Å². The number of guanidine groups is 1. The Hall–Kier alpha value is -8.74. The lowest BCUT2D eigenvalue weighted by Crippen LogP contribution is -2.51. The molecule has 3 aromatic heterocycles. The van der Waals surface area contributed by atoms with E-state index in [0.717, 1.165) is 5.69 Å². The minimum atomic E-state index is -1.23. The lowest BCUT2D eigenvalue weighted by atomic mass is 9.90. The highest BCUT2D eigenvalue weighted by molar-refractivity contribution is 6.08. The molecule has 2 saturated heterocycles. The fraction of sp³-hybridized carbons (Fsp3) is 0.348. The van der Waals surface area contributed by atoms with E-state index >= 15 is 0 Å². The number of benzene rings is 3. The number of rotatable bonds is 16. The molecule has 5 aromatic rings. The Kier molecular flexibility index (Phi) is 13.6. The number of carboxylic acids is 1. The number of aromatic nitrogens is 9. The third-order valence-corrected chi connectivity index (χ3v) is 12.3. The number of phenolic OH excluding ortho intramolecular Hbond substituents is 1. The average molecular weight is 970 g/mol. The number of amides is 2. The molecule has 0 radical (unpaired) electrons. The van der Waals surface area contributed by atoms with Gasteiger partial charge in [-0.1, -0.05) is 16.5 Å². The highest BCUT2D eigenvalue weighted by Gasteiger charge is 2.30. The number of nitrogens with one attached hydrogen (secondary N) is 1. The van der Waals surface area contributed by atoms with Crippen molar-refractivity contribution in [3.05, 3.63) is 94.2 Å². The zero-order valence-corrected chi connectivity index (χ0v) is 38.6. The molecule has 0 unspecified atom stereocenters. The van der Waals surface area contributed by atoms with Crippen LogP contribution in [0.5, 0.6) is 5.75 Å². The van der Waals surface area contributed by atoms with Crippen molar-refractivity contribution < 1.29 is 34.1 Å². The maximum absolute atomic E-state index is 13.8. The van der Waals surface area contributed by atoms with Gasteiger partial charge in [0.1, 0.15) is 29.7 Å². The second-order valence-corrected chi connectivity index (χ2v) is 17.1. The SMILES string of the molecule is C[C@@H](C(=O)N1CCN(c2nc(Nc3ccc(-c4c5ccc(=O)cc-5oc5cc(O)ccc45)c(C(=O)O)c3)nc(N3CCN(C(=O)Cn4cc(CCO)nn4)CC3)n2)CC1)n1cc(CCCN=C(N)N)nn1. The summed E-state index contributed by atoms with van der Waals surface area (Å²) in [5, 5.41) is 50.4. The summed E-state index contributed by atoms with van der Waals surface area (Å²) in [4.78, 5) is 78.4. The summed E-state index contributed by atoms with van der Waals surface area (Å²) in [5.41, 5.74) is 13.7. The summed E-state index contributed by atoms with van der Waals surface area (Å²) in [6, 6.07) is 13.0. The van der Waals surface area contributed by atoms with E-state index in [2.05, 4.69) is 30.9 Å². The van der Waals surface area contributed by atoms with Gasteiger partial charge in [0.15, 0.2) is 11.4 Å². The van der Waals surface area contributed by atoms with Gasteiger partial charge in [0.2, 0.25) is 29.7 Å². The zero-order valence-electron chi connectivity index (χ0n) is 38.6. The van der Waals surface area contributed by atoms with E-state index in [1.807, 2.05) is 9.80 Å². The number of hydrogen-bond acceptors (Lipinski definition) is 18.